The van der Waals surface area contributed by atoms with Crippen molar-refractivity contribution in [3.8, 4) is 11.3 Å². The number of aryl methyl sites for hydroxylation is 2. The molecule has 1 fully saturated rings. The van der Waals surface area contributed by atoms with Gasteiger partial charge in [0, 0.05) is 29.8 Å². The number of hydrogen-bond acceptors (Lipinski definition) is 4. The van der Waals surface area contributed by atoms with E-state index in [2.05, 4.69) is 15.2 Å². The summed E-state index contributed by atoms with van der Waals surface area (Å²) in [4.78, 5) is 4.41. The predicted molar refractivity (Wildman–Crippen MR) is 80.4 cm³/mol. The maximum Gasteiger partial charge on any atom is 0.264 e. The second-order valence-electron chi connectivity index (χ2n) is 5.90. The fraction of sp³-hybridized carbons (Fsp3) is 0.438. The van der Waals surface area contributed by atoms with Crippen molar-refractivity contribution in [3.05, 3.63) is 29.2 Å². The third-order valence-corrected chi connectivity index (χ3v) is 4.25. The van der Waals surface area contributed by atoms with Gasteiger partial charge in [0.05, 0.1) is 22.5 Å². The molecule has 5 nitrogen and oxygen atoms in total. The number of hydrogen-bond donors (Lipinski definition) is 0. The van der Waals surface area contributed by atoms with Gasteiger partial charge in [0.25, 0.3) is 12.1 Å². The number of aromatic nitrogens is 4. The summed E-state index contributed by atoms with van der Waals surface area (Å²) in [6, 6.07) is 1.44. The Morgan fingerprint density at radius 3 is 2.78 bits per heavy atom. The van der Waals surface area contributed by atoms with Crippen LogP contribution in [-0.4, -0.2) is 19.9 Å². The van der Waals surface area contributed by atoms with E-state index < -0.39 is 6.43 Å². The van der Waals surface area contributed by atoms with E-state index in [1.807, 2.05) is 20.0 Å². The van der Waals surface area contributed by atoms with Gasteiger partial charge >= 0.3 is 0 Å². The van der Waals surface area contributed by atoms with Gasteiger partial charge in [-0.15, -0.1) is 0 Å². The summed E-state index contributed by atoms with van der Waals surface area (Å²) in [6.07, 6.45) is 1.15. The highest BCUT2D eigenvalue weighted by atomic mass is 19.3. The van der Waals surface area contributed by atoms with Gasteiger partial charge in [0.1, 0.15) is 0 Å². The van der Waals surface area contributed by atoms with Gasteiger partial charge in [0.2, 0.25) is 0 Å². The molecule has 0 spiro atoms. The Morgan fingerprint density at radius 1 is 1.39 bits per heavy atom. The Labute approximate surface area is 131 Å². The van der Waals surface area contributed by atoms with Crippen LogP contribution in [-0.2, 0) is 6.54 Å². The van der Waals surface area contributed by atoms with Crippen molar-refractivity contribution in [1.82, 2.24) is 19.9 Å². The molecular weight excluding hydrogens is 302 g/mol. The minimum atomic E-state index is -2.60. The van der Waals surface area contributed by atoms with E-state index in [-0.39, 0.29) is 17.2 Å². The van der Waals surface area contributed by atoms with Crippen LogP contribution in [0.2, 0.25) is 0 Å². The van der Waals surface area contributed by atoms with Crippen molar-refractivity contribution in [2.24, 2.45) is 0 Å². The molecule has 0 amide bonds. The molecule has 0 unspecified atom stereocenters. The van der Waals surface area contributed by atoms with Crippen LogP contribution in [0.1, 0.15) is 49.1 Å². The first-order valence-electron chi connectivity index (χ1n) is 7.71. The molecule has 0 saturated heterocycles. The molecule has 0 atom stereocenters. The van der Waals surface area contributed by atoms with Crippen molar-refractivity contribution in [2.45, 2.75) is 45.6 Å². The van der Waals surface area contributed by atoms with Crippen molar-refractivity contribution in [1.29, 1.82) is 0 Å². The maximum absolute atomic E-state index is 13.6. The van der Waals surface area contributed by atoms with E-state index >= 15 is 0 Å². The van der Waals surface area contributed by atoms with Crippen LogP contribution in [0.4, 0.5) is 8.78 Å². The third kappa shape index (κ3) is 2.31. The molecule has 3 aromatic rings. The lowest BCUT2D eigenvalue weighted by atomic mass is 10.0. The van der Waals surface area contributed by atoms with Gasteiger partial charge in [-0.1, -0.05) is 5.16 Å². The molecule has 1 aliphatic carbocycles. The van der Waals surface area contributed by atoms with Crippen LogP contribution in [0, 0.1) is 6.92 Å². The van der Waals surface area contributed by atoms with Crippen molar-refractivity contribution in [3.63, 3.8) is 0 Å². The molecule has 0 bridgehead atoms. The second-order valence-corrected chi connectivity index (χ2v) is 5.90. The molecular formula is C16H16F2N4O. The van der Waals surface area contributed by atoms with Crippen LogP contribution >= 0.6 is 0 Å². The summed E-state index contributed by atoms with van der Waals surface area (Å²) in [5.74, 6) is 0.228. The molecule has 7 heteroatoms. The molecule has 0 N–H and O–H groups in total. The van der Waals surface area contributed by atoms with Gasteiger partial charge in [-0.25, -0.2) is 13.8 Å². The highest BCUT2D eigenvalue weighted by Crippen LogP contribution is 2.45. The van der Waals surface area contributed by atoms with Crippen molar-refractivity contribution >= 4 is 11.1 Å². The van der Waals surface area contributed by atoms with E-state index in [0.29, 0.717) is 23.3 Å². The van der Waals surface area contributed by atoms with Gasteiger partial charge in [-0.3, -0.25) is 4.68 Å². The highest BCUT2D eigenvalue weighted by molar-refractivity contribution is 5.84. The van der Waals surface area contributed by atoms with Gasteiger partial charge < -0.3 is 4.52 Å². The SMILES string of the molecule is CCn1cc(-c2cc(C(F)F)c3c(C4CC4)noc3n2)c(C)n1. The second kappa shape index (κ2) is 5.11. The fourth-order valence-corrected chi connectivity index (χ4v) is 2.88. The summed E-state index contributed by atoms with van der Waals surface area (Å²) in [5.41, 5.74) is 2.68. The molecule has 0 radical (unpaired) electrons. The Hall–Kier alpha value is -2.31. The fourth-order valence-electron chi connectivity index (χ4n) is 2.88. The zero-order chi connectivity index (χ0) is 16.1. The number of rotatable bonds is 4. The van der Waals surface area contributed by atoms with Crippen LogP contribution in [0.25, 0.3) is 22.4 Å². The molecule has 0 aliphatic heterocycles. The molecule has 0 aromatic carbocycles. The largest absolute Gasteiger partial charge is 0.335 e. The van der Waals surface area contributed by atoms with Crippen molar-refractivity contribution in [2.75, 3.05) is 0 Å². The van der Waals surface area contributed by atoms with E-state index in [4.69, 9.17) is 4.52 Å². The maximum atomic E-state index is 13.6. The van der Waals surface area contributed by atoms with Crippen LogP contribution in [0.5, 0.6) is 0 Å². The predicted octanol–water partition coefficient (Wildman–Crippen LogP) is 4.23. The summed E-state index contributed by atoms with van der Waals surface area (Å²) < 4.78 is 34.2. The topological polar surface area (TPSA) is 56.7 Å². The van der Waals surface area contributed by atoms with E-state index in [1.165, 1.54) is 6.07 Å². The number of nitrogens with zero attached hydrogens (tertiary/aromatic N) is 4. The summed E-state index contributed by atoms with van der Waals surface area (Å²) in [5, 5.41) is 8.72. The highest BCUT2D eigenvalue weighted by Gasteiger charge is 2.32. The average Bonchev–Trinajstić information content (AvgIpc) is 3.17. The van der Waals surface area contributed by atoms with E-state index in [1.54, 1.807) is 4.68 Å². The summed E-state index contributed by atoms with van der Waals surface area (Å²) >= 11 is 0. The average molecular weight is 318 g/mol. The molecule has 3 heterocycles. The van der Waals surface area contributed by atoms with E-state index in [0.717, 1.165) is 24.1 Å². The summed E-state index contributed by atoms with van der Waals surface area (Å²) in [7, 11) is 0. The first kappa shape index (κ1) is 14.3. The molecule has 4 rings (SSSR count). The standard InChI is InChI=1S/C16H16F2N4O/c1-3-22-7-11(8(2)20-22)12-6-10(15(17)18)13-14(9-4-5-9)21-23-16(13)19-12/h6-7,9,15H,3-5H2,1-2H3. The lowest BCUT2D eigenvalue weighted by molar-refractivity contribution is 0.153. The van der Waals surface area contributed by atoms with E-state index in [9.17, 15) is 8.78 Å². The molecule has 120 valence electrons. The molecule has 1 saturated carbocycles. The van der Waals surface area contributed by atoms with Gasteiger partial charge in [-0.05, 0) is 32.8 Å². The van der Waals surface area contributed by atoms with Gasteiger partial charge in [0.15, 0.2) is 0 Å². The third-order valence-electron chi connectivity index (χ3n) is 4.25. The Bertz CT molecular complexity index is 880. The molecule has 3 aromatic heterocycles. The van der Waals surface area contributed by atoms with Crippen LogP contribution in [0.3, 0.4) is 0 Å². The van der Waals surface area contributed by atoms with Gasteiger partial charge in [-0.2, -0.15) is 5.10 Å². The monoisotopic (exact) mass is 318 g/mol. The molecule has 1 aliphatic rings. The number of fused-ring (bicyclic) bond motifs is 1. The molecule has 23 heavy (non-hydrogen) atoms. The first-order valence-corrected chi connectivity index (χ1v) is 7.71. The lowest BCUT2D eigenvalue weighted by Gasteiger charge is -2.05. The summed E-state index contributed by atoms with van der Waals surface area (Å²) in [6.45, 7) is 4.51. The Kier molecular flexibility index (Phi) is 3.18. The number of alkyl halides is 2. The zero-order valence-corrected chi connectivity index (χ0v) is 12.9. The van der Waals surface area contributed by atoms with Crippen molar-refractivity contribution < 1.29 is 13.3 Å². The minimum Gasteiger partial charge on any atom is -0.335 e. The van der Waals surface area contributed by atoms with Crippen LogP contribution < -0.4 is 0 Å². The zero-order valence-electron chi connectivity index (χ0n) is 12.9. The normalized spacial score (nSPS) is 15.0. The number of halogens is 2. The minimum absolute atomic E-state index is 0.0585. The van der Waals surface area contributed by atoms with Crippen LogP contribution in [0.15, 0.2) is 16.8 Å². The number of pyridine rings is 1. The quantitative estimate of drug-likeness (QED) is 0.722. The Morgan fingerprint density at radius 2 is 2.17 bits per heavy atom. The smallest absolute Gasteiger partial charge is 0.264 e. The Balaban J connectivity index is 1.93. The lowest BCUT2D eigenvalue weighted by Crippen LogP contribution is -1.94. The first-order chi connectivity index (χ1) is 11.1.